The minimum atomic E-state index is -0.325. The molecule has 3 aromatic rings. The van der Waals surface area contributed by atoms with Gasteiger partial charge in [-0.1, -0.05) is 23.9 Å². The van der Waals surface area contributed by atoms with Crippen molar-refractivity contribution in [2.45, 2.75) is 11.0 Å². The highest BCUT2D eigenvalue weighted by atomic mass is 32.2. The molecule has 0 saturated carbocycles. The molecule has 2 aromatic heterocycles. The zero-order chi connectivity index (χ0) is 14.8. The van der Waals surface area contributed by atoms with Crippen molar-refractivity contribution in [2.24, 2.45) is 0 Å². The van der Waals surface area contributed by atoms with Crippen molar-refractivity contribution in [3.63, 3.8) is 0 Å². The molecular formula is C13H11N5O2S. The summed E-state index contributed by atoms with van der Waals surface area (Å²) in [7, 11) is 0. The van der Waals surface area contributed by atoms with Crippen LogP contribution in [0.2, 0.25) is 0 Å². The molecular weight excluding hydrogens is 290 g/mol. The van der Waals surface area contributed by atoms with Gasteiger partial charge in [-0.2, -0.15) is 0 Å². The Hall–Kier alpha value is -2.61. The van der Waals surface area contributed by atoms with Gasteiger partial charge in [-0.3, -0.25) is 14.2 Å². The molecule has 0 spiro atoms. The van der Waals surface area contributed by atoms with E-state index in [1.807, 2.05) is 6.07 Å². The predicted molar refractivity (Wildman–Crippen MR) is 81.1 cm³/mol. The second-order valence-corrected chi connectivity index (χ2v) is 5.22. The van der Waals surface area contributed by atoms with Crippen LogP contribution >= 0.6 is 11.8 Å². The van der Waals surface area contributed by atoms with Gasteiger partial charge < -0.3 is 10.7 Å². The number of nitrogens with two attached hydrogens (primary N) is 1. The summed E-state index contributed by atoms with van der Waals surface area (Å²) in [6.07, 6.45) is 1.47. The highest BCUT2D eigenvalue weighted by Crippen LogP contribution is 2.14. The number of fused-ring (bicyclic) bond motifs is 1. The van der Waals surface area contributed by atoms with Gasteiger partial charge in [0.25, 0.3) is 11.1 Å². The molecule has 0 bridgehead atoms. The Balaban J connectivity index is 1.90. The average molecular weight is 301 g/mol. The number of hydrogen-bond donors (Lipinski definition) is 2. The minimum absolute atomic E-state index is 0.139. The van der Waals surface area contributed by atoms with Crippen molar-refractivity contribution in [2.75, 3.05) is 5.73 Å². The number of rotatable bonds is 3. The number of nitrogen functional groups attached to an aromatic ring is 1. The second-order valence-electron chi connectivity index (χ2n) is 4.29. The van der Waals surface area contributed by atoms with Crippen LogP contribution in [0.3, 0.4) is 0 Å². The number of nitrogens with zero attached hydrogens (tertiary/aromatic N) is 3. The van der Waals surface area contributed by atoms with Crippen molar-refractivity contribution in [1.82, 2.24) is 19.5 Å². The molecule has 0 aliphatic rings. The van der Waals surface area contributed by atoms with Crippen LogP contribution in [0.25, 0.3) is 10.9 Å². The number of H-pyrrole nitrogens is 1. The van der Waals surface area contributed by atoms with Crippen molar-refractivity contribution in [1.29, 1.82) is 0 Å². The Bertz CT molecular complexity index is 918. The second kappa shape index (κ2) is 5.41. The predicted octanol–water partition coefficient (Wildman–Crippen LogP) is 0.812. The van der Waals surface area contributed by atoms with Crippen LogP contribution in [-0.2, 0) is 5.88 Å². The third-order valence-corrected chi connectivity index (χ3v) is 3.69. The van der Waals surface area contributed by atoms with Crippen LogP contribution in [0.1, 0.15) is 0 Å². The molecule has 0 radical (unpaired) electrons. The number of anilines is 1. The summed E-state index contributed by atoms with van der Waals surface area (Å²) in [4.78, 5) is 34.3. The molecule has 8 heteroatoms. The average Bonchev–Trinajstić information content (AvgIpc) is 2.46. The summed E-state index contributed by atoms with van der Waals surface area (Å²) in [5, 5.41) is 0.912. The summed E-state index contributed by atoms with van der Waals surface area (Å²) in [6.45, 7) is 0. The fourth-order valence-corrected chi connectivity index (χ4v) is 2.64. The molecule has 0 aliphatic heterocycles. The Morgan fingerprint density at radius 3 is 2.90 bits per heavy atom. The van der Waals surface area contributed by atoms with E-state index >= 15 is 0 Å². The Morgan fingerprint density at radius 2 is 2.10 bits per heavy atom. The minimum Gasteiger partial charge on any atom is -0.383 e. The lowest BCUT2D eigenvalue weighted by molar-refractivity contribution is 0.816. The van der Waals surface area contributed by atoms with E-state index in [0.717, 1.165) is 0 Å². The molecule has 106 valence electrons. The van der Waals surface area contributed by atoms with Gasteiger partial charge in [0.05, 0.1) is 23.1 Å². The van der Waals surface area contributed by atoms with Gasteiger partial charge >= 0.3 is 0 Å². The zero-order valence-electron chi connectivity index (χ0n) is 10.8. The molecule has 0 aliphatic carbocycles. The van der Waals surface area contributed by atoms with E-state index in [1.54, 1.807) is 18.2 Å². The number of thioether (sulfide) groups is 1. The first-order valence-corrected chi connectivity index (χ1v) is 7.06. The highest BCUT2D eigenvalue weighted by molar-refractivity contribution is 7.98. The molecule has 3 rings (SSSR count). The van der Waals surface area contributed by atoms with Crippen LogP contribution in [-0.4, -0.2) is 19.5 Å². The summed E-state index contributed by atoms with van der Waals surface area (Å²) in [5.41, 5.74) is 5.69. The summed E-state index contributed by atoms with van der Waals surface area (Å²) in [6, 6.07) is 8.33. The molecule has 7 nitrogen and oxygen atoms in total. The van der Waals surface area contributed by atoms with Gasteiger partial charge in [0.2, 0.25) is 0 Å². The Morgan fingerprint density at radius 1 is 1.29 bits per heavy atom. The van der Waals surface area contributed by atoms with Gasteiger partial charge in [0, 0.05) is 6.07 Å². The van der Waals surface area contributed by atoms with Crippen LogP contribution in [0.15, 0.2) is 51.4 Å². The van der Waals surface area contributed by atoms with E-state index in [9.17, 15) is 9.59 Å². The largest absolute Gasteiger partial charge is 0.383 e. The first kappa shape index (κ1) is 13.4. The van der Waals surface area contributed by atoms with Crippen molar-refractivity contribution >= 4 is 28.5 Å². The van der Waals surface area contributed by atoms with E-state index in [2.05, 4.69) is 15.0 Å². The Kier molecular flexibility index (Phi) is 3.44. The van der Waals surface area contributed by atoms with Crippen molar-refractivity contribution < 1.29 is 0 Å². The monoisotopic (exact) mass is 301 g/mol. The number of aromatic nitrogens is 4. The molecule has 3 N–H and O–H groups in total. The normalized spacial score (nSPS) is 10.9. The van der Waals surface area contributed by atoms with Crippen molar-refractivity contribution in [3.05, 3.63) is 57.4 Å². The SMILES string of the molecule is Nc1cc(=O)[nH]c(SCn2cnc3ccccc3c2=O)n1. The maximum Gasteiger partial charge on any atom is 0.261 e. The fraction of sp³-hybridized carbons (Fsp3) is 0.0769. The number of para-hydroxylation sites is 1. The van der Waals surface area contributed by atoms with Gasteiger partial charge in [-0.15, -0.1) is 0 Å². The molecule has 0 saturated heterocycles. The maximum absolute atomic E-state index is 12.3. The van der Waals surface area contributed by atoms with E-state index in [-0.39, 0.29) is 22.8 Å². The van der Waals surface area contributed by atoms with Gasteiger partial charge in [0.15, 0.2) is 5.16 Å². The van der Waals surface area contributed by atoms with Gasteiger partial charge in [-0.05, 0) is 12.1 Å². The van der Waals surface area contributed by atoms with E-state index < -0.39 is 0 Å². The molecule has 2 heterocycles. The van der Waals surface area contributed by atoms with Gasteiger partial charge in [-0.25, -0.2) is 9.97 Å². The number of nitrogens with one attached hydrogen (secondary N) is 1. The number of hydrogen-bond acceptors (Lipinski definition) is 6. The lowest BCUT2D eigenvalue weighted by Gasteiger charge is -2.06. The molecule has 1 aromatic carbocycles. The quantitative estimate of drug-likeness (QED) is 0.547. The maximum atomic E-state index is 12.3. The summed E-state index contributed by atoms with van der Waals surface area (Å²) >= 11 is 1.20. The third-order valence-electron chi connectivity index (χ3n) is 2.81. The smallest absolute Gasteiger partial charge is 0.261 e. The summed E-state index contributed by atoms with van der Waals surface area (Å²) < 4.78 is 1.45. The highest BCUT2D eigenvalue weighted by Gasteiger charge is 2.05. The number of benzene rings is 1. The molecule has 21 heavy (non-hydrogen) atoms. The lowest BCUT2D eigenvalue weighted by atomic mass is 10.2. The lowest BCUT2D eigenvalue weighted by Crippen LogP contribution is -2.20. The van der Waals surface area contributed by atoms with Gasteiger partial charge in [0.1, 0.15) is 5.82 Å². The van der Waals surface area contributed by atoms with E-state index in [0.29, 0.717) is 16.1 Å². The standard InChI is InChI=1S/C13H11N5O2S/c14-10-5-11(19)17-13(16-10)21-7-18-6-15-9-4-2-1-3-8(9)12(18)20/h1-6H,7H2,(H3,14,16,17,19). The van der Waals surface area contributed by atoms with E-state index in [1.165, 1.54) is 28.7 Å². The third kappa shape index (κ3) is 2.79. The Labute approximate surface area is 122 Å². The molecule has 0 unspecified atom stereocenters. The summed E-state index contributed by atoms with van der Waals surface area (Å²) in [5.74, 6) is 0.425. The zero-order valence-corrected chi connectivity index (χ0v) is 11.6. The molecule has 0 fully saturated rings. The van der Waals surface area contributed by atoms with Crippen LogP contribution in [0.5, 0.6) is 0 Å². The number of aromatic amines is 1. The molecule has 0 atom stereocenters. The topological polar surface area (TPSA) is 107 Å². The first-order valence-electron chi connectivity index (χ1n) is 6.07. The van der Waals surface area contributed by atoms with E-state index in [4.69, 9.17) is 5.73 Å². The van der Waals surface area contributed by atoms with Crippen molar-refractivity contribution in [3.8, 4) is 0 Å². The van der Waals surface area contributed by atoms with Crippen LogP contribution < -0.4 is 16.9 Å². The van der Waals surface area contributed by atoms with Crippen LogP contribution in [0.4, 0.5) is 5.82 Å². The molecule has 0 amide bonds. The van der Waals surface area contributed by atoms with Crippen LogP contribution in [0, 0.1) is 0 Å². The fourth-order valence-electron chi connectivity index (χ4n) is 1.85. The first-order chi connectivity index (χ1) is 10.1.